The Bertz CT molecular complexity index is 2570. The number of carbonyl (C=O) groups excluding carboxylic acids is 2. The summed E-state index contributed by atoms with van der Waals surface area (Å²) in [5.41, 5.74) is 2.05. The van der Waals surface area contributed by atoms with Crippen molar-refractivity contribution < 1.29 is 49.3 Å². The molecule has 0 aliphatic rings. The molecular formula is C59H87F4N4O6S4+. The molecule has 4 unspecified atom stereocenters. The summed E-state index contributed by atoms with van der Waals surface area (Å²) >= 11 is 8.68. The van der Waals surface area contributed by atoms with Crippen molar-refractivity contribution in [1.82, 2.24) is 5.32 Å². The van der Waals surface area contributed by atoms with Crippen LogP contribution in [0.2, 0.25) is 0 Å². The summed E-state index contributed by atoms with van der Waals surface area (Å²) in [6.07, 6.45) is 3.12. The molecule has 10 nitrogen and oxygen atoms in total. The van der Waals surface area contributed by atoms with Crippen LogP contribution in [0.4, 0.5) is 17.6 Å². The molecule has 430 valence electrons. The van der Waals surface area contributed by atoms with Gasteiger partial charge in [0.2, 0.25) is 22.7 Å². The maximum atomic E-state index is 17.5. The molecule has 77 heavy (non-hydrogen) atoms. The molecule has 0 aliphatic carbocycles. The van der Waals surface area contributed by atoms with E-state index in [0.29, 0.717) is 65.2 Å². The molecule has 4 atom stereocenters. The van der Waals surface area contributed by atoms with Crippen LogP contribution >= 0.6 is 35.7 Å². The highest BCUT2D eigenvalue weighted by atomic mass is 32.2. The van der Waals surface area contributed by atoms with E-state index in [1.54, 1.807) is 51.1 Å². The molecule has 3 aromatic carbocycles. The van der Waals surface area contributed by atoms with Gasteiger partial charge in [-0.3, -0.25) is 14.1 Å². The summed E-state index contributed by atoms with van der Waals surface area (Å²) in [5, 5.41) is 13.8. The Kier molecular flexibility index (Phi) is 25.3. The first-order valence-electron chi connectivity index (χ1n) is 27.2. The molecule has 0 radical (unpaired) electrons. The molecule has 0 heterocycles. The van der Waals surface area contributed by atoms with E-state index in [1.165, 1.54) is 11.8 Å². The summed E-state index contributed by atoms with van der Waals surface area (Å²) in [6, 6.07) is 20.6. The van der Waals surface area contributed by atoms with Gasteiger partial charge in [-0.2, -0.15) is 22.5 Å². The van der Waals surface area contributed by atoms with E-state index in [1.807, 2.05) is 92.9 Å². The van der Waals surface area contributed by atoms with Crippen molar-refractivity contribution >= 4 is 61.1 Å². The van der Waals surface area contributed by atoms with E-state index < -0.39 is 82.6 Å². The number of nitrogens with zero attached hydrogens (tertiary/aromatic N) is 2. The van der Waals surface area contributed by atoms with Gasteiger partial charge < -0.3 is 20.3 Å². The zero-order valence-electron chi connectivity index (χ0n) is 47.7. The zero-order valence-corrected chi connectivity index (χ0v) is 50.9. The van der Waals surface area contributed by atoms with Crippen LogP contribution in [-0.4, -0.2) is 94.8 Å². The highest BCUT2D eigenvalue weighted by Gasteiger charge is 2.62. The largest absolute Gasteiger partial charge is 0.487 e. The number of nitrogens with two attached hydrogens (primary N) is 1. The van der Waals surface area contributed by atoms with E-state index >= 15 is 22.4 Å². The van der Waals surface area contributed by atoms with Crippen molar-refractivity contribution in [3.63, 3.8) is 0 Å². The maximum absolute atomic E-state index is 17.5. The van der Waals surface area contributed by atoms with Crippen molar-refractivity contribution in [2.75, 3.05) is 51.8 Å². The van der Waals surface area contributed by atoms with Crippen LogP contribution in [0.15, 0.2) is 60.7 Å². The molecule has 0 bridgehead atoms. The molecule has 3 aromatic rings. The monoisotopic (exact) mass is 1150 g/mol. The predicted molar refractivity (Wildman–Crippen MR) is 312 cm³/mol. The Morgan fingerprint density at radius 3 is 1.81 bits per heavy atom. The molecule has 1 amide bonds. The lowest BCUT2D eigenvalue weighted by Gasteiger charge is -2.59. The van der Waals surface area contributed by atoms with Crippen molar-refractivity contribution in [3.05, 3.63) is 101 Å². The molecule has 4 N–H and O–H groups in total. The number of quaternary nitrogens is 1. The highest BCUT2D eigenvalue weighted by Crippen LogP contribution is 2.62. The standard InChI is InChI=1S/C59H86F4N4O6S4/c1-13-55(9,54(7,8)41-64)39-44(45-46(60)48(62)50(49(63)47(45)61)73-36-25-26-37-75-51(68)42-29-21-19-22-30-42)59(65,18-6)57(14-2,15-3)40-56(10,58(16-4,17-5)76-52(74)43-31-23-20-24-32-43)53(69)66-33-27-34-67(11,12)35-28-38-77(70,71)72/h19-24,29-32,44H,13-18,25-28,33-40,65H2,1-12H3,(H-,66,69,70,71,72)/p+1. The summed E-state index contributed by atoms with van der Waals surface area (Å²) in [4.78, 5) is 28.2. The molecule has 18 heteroatoms. The lowest BCUT2D eigenvalue weighted by Crippen LogP contribution is -2.64. The van der Waals surface area contributed by atoms with Crippen molar-refractivity contribution in [2.24, 2.45) is 27.4 Å². The summed E-state index contributed by atoms with van der Waals surface area (Å²) in [5.74, 6) is -9.67. The number of hydrogen-bond donors (Lipinski definition) is 3. The number of ether oxygens (including phenoxy) is 1. The fourth-order valence-electron chi connectivity index (χ4n) is 11.5. The minimum absolute atomic E-state index is 0.0420. The first kappa shape index (κ1) is 67.7. The number of nitriles is 1. The van der Waals surface area contributed by atoms with Crippen LogP contribution < -0.4 is 15.8 Å². The van der Waals surface area contributed by atoms with Crippen molar-refractivity contribution in [3.8, 4) is 11.8 Å². The van der Waals surface area contributed by atoms with Gasteiger partial charge in [-0.1, -0.05) is 133 Å². The Morgan fingerprint density at radius 2 is 1.32 bits per heavy atom. The van der Waals surface area contributed by atoms with Gasteiger partial charge in [-0.25, -0.2) is 8.78 Å². The fourth-order valence-corrected chi connectivity index (χ4v) is 14.7. The average molecular weight is 1150 g/mol. The van der Waals surface area contributed by atoms with Gasteiger partial charge in [0, 0.05) is 52.5 Å². The highest BCUT2D eigenvalue weighted by molar-refractivity contribution is 8.24. The normalized spacial score (nSPS) is 15.4. The van der Waals surface area contributed by atoms with Crippen LogP contribution in [0.5, 0.6) is 5.75 Å². The van der Waals surface area contributed by atoms with Gasteiger partial charge in [0.25, 0.3) is 10.1 Å². The van der Waals surface area contributed by atoms with Crippen molar-refractivity contribution in [2.45, 2.75) is 162 Å². The molecule has 3 rings (SSSR count). The van der Waals surface area contributed by atoms with Crippen LogP contribution in [0, 0.1) is 56.3 Å². The Balaban J connectivity index is 2.27. The molecule has 0 aliphatic heterocycles. The van der Waals surface area contributed by atoms with Gasteiger partial charge in [0.05, 0.1) is 60.6 Å². The second-order valence-corrected chi connectivity index (χ2v) is 27.1. The number of amides is 1. The average Bonchev–Trinajstić information content (AvgIpc) is 3.42. The quantitative estimate of drug-likeness (QED) is 0.0133. The van der Waals surface area contributed by atoms with Gasteiger partial charge >= 0.3 is 0 Å². The number of carbonyl (C=O) groups is 2. The minimum Gasteiger partial charge on any atom is -0.487 e. The number of rotatable bonds is 33. The van der Waals surface area contributed by atoms with E-state index in [4.69, 9.17) is 22.7 Å². The molecular weight excluding hydrogens is 1060 g/mol. The molecule has 0 saturated heterocycles. The number of thiocarbonyl (C=S) groups is 1. The van der Waals surface area contributed by atoms with Gasteiger partial charge in [-0.05, 0) is 101 Å². The van der Waals surface area contributed by atoms with E-state index in [0.717, 1.165) is 17.3 Å². The lowest BCUT2D eigenvalue weighted by atomic mass is 9.49. The van der Waals surface area contributed by atoms with Gasteiger partial charge in [-0.15, -0.1) is 11.8 Å². The SMILES string of the molecule is CCC(C)(CC(c1c(F)c(F)c(OCCCCSC(=O)c2ccccc2)c(F)c1F)C(N)(CC)C(CC)(CC)CC(C)(C(=O)NCCC[N+](C)(C)CCCS(=O)(=O)O)C(CC)(CC)SC(=S)c1ccccc1)C(C)(C)C#N. The first-order chi connectivity index (χ1) is 35.9. The predicted octanol–water partition coefficient (Wildman–Crippen LogP) is 14.3. The fraction of sp³-hybridized carbons (Fsp3) is 0.627. The van der Waals surface area contributed by atoms with Crippen molar-refractivity contribution in [1.29, 1.82) is 5.26 Å². The number of halogens is 4. The molecule has 0 fully saturated rings. The second-order valence-electron chi connectivity index (χ2n) is 22.4. The van der Waals surface area contributed by atoms with E-state index in [2.05, 4.69) is 11.4 Å². The van der Waals surface area contributed by atoms with Crippen LogP contribution in [0.25, 0.3) is 0 Å². The van der Waals surface area contributed by atoms with Crippen LogP contribution in [0.3, 0.4) is 0 Å². The maximum Gasteiger partial charge on any atom is 0.265 e. The number of nitrogens with one attached hydrogen (secondary N) is 1. The third-order valence-corrected chi connectivity index (χ3v) is 21.6. The minimum atomic E-state index is -4.12. The second kappa shape index (κ2) is 28.7. The van der Waals surface area contributed by atoms with Gasteiger partial charge in [0.1, 0.15) is 0 Å². The third kappa shape index (κ3) is 16.1. The number of hydrogen-bond acceptors (Lipinski definition) is 10. The molecule has 0 spiro atoms. The zero-order chi connectivity index (χ0) is 58.3. The molecule has 0 saturated carbocycles. The number of benzene rings is 3. The number of thioether (sulfide) groups is 2. The van der Waals surface area contributed by atoms with E-state index in [-0.39, 0.29) is 74.9 Å². The topological polar surface area (TPSA) is 160 Å². The Labute approximate surface area is 472 Å². The summed E-state index contributed by atoms with van der Waals surface area (Å²) in [6.45, 7) is 19.7. The lowest BCUT2D eigenvalue weighted by molar-refractivity contribution is -0.890. The smallest absolute Gasteiger partial charge is 0.265 e. The summed E-state index contributed by atoms with van der Waals surface area (Å²) in [7, 11) is -0.234. The first-order valence-corrected chi connectivity index (χ1v) is 31.0. The Hall–Kier alpha value is -3.57. The van der Waals surface area contributed by atoms with Crippen LogP contribution in [-0.2, 0) is 14.9 Å². The van der Waals surface area contributed by atoms with Crippen LogP contribution in [0.1, 0.15) is 174 Å². The molecule has 0 aromatic heterocycles. The Morgan fingerprint density at radius 1 is 0.792 bits per heavy atom. The van der Waals surface area contributed by atoms with E-state index in [9.17, 15) is 23.0 Å². The number of unbranched alkanes of at least 4 members (excludes halogenated alkanes) is 1. The third-order valence-electron chi connectivity index (χ3n) is 17.4. The summed E-state index contributed by atoms with van der Waals surface area (Å²) < 4.78 is 106. The van der Waals surface area contributed by atoms with Gasteiger partial charge in [0.15, 0.2) is 17.4 Å².